The Kier molecular flexibility index (Phi) is 11.2. The maximum absolute atomic E-state index is 5.70. The molecule has 2 aromatic rings. The molecule has 2 heterocycles. The molecular weight excluding hydrogens is 493 g/mol. The van der Waals surface area contributed by atoms with Gasteiger partial charge >= 0.3 is 0 Å². The Morgan fingerprint density at radius 2 is 2.07 bits per heavy atom. The Labute approximate surface area is 196 Å². The van der Waals surface area contributed by atoms with Crippen molar-refractivity contribution >= 4 is 29.9 Å². The predicted octanol–water partition coefficient (Wildman–Crippen LogP) is 3.00. The summed E-state index contributed by atoms with van der Waals surface area (Å²) in [6.45, 7) is 8.46. The van der Waals surface area contributed by atoms with Crippen molar-refractivity contribution in [2.45, 2.75) is 26.4 Å². The van der Waals surface area contributed by atoms with Gasteiger partial charge in [-0.05, 0) is 18.9 Å². The lowest BCUT2D eigenvalue weighted by atomic mass is 10.1. The number of rotatable bonds is 10. The van der Waals surface area contributed by atoms with Crippen LogP contribution in [0.1, 0.15) is 24.5 Å². The lowest BCUT2D eigenvalue weighted by Crippen LogP contribution is -2.40. The number of halogens is 1. The molecule has 1 aromatic heterocycles. The molecule has 7 nitrogen and oxygen atoms in total. The van der Waals surface area contributed by atoms with Gasteiger partial charge in [-0.1, -0.05) is 30.3 Å². The molecule has 1 saturated heterocycles. The van der Waals surface area contributed by atoms with Crippen molar-refractivity contribution in [3.63, 3.8) is 0 Å². The summed E-state index contributed by atoms with van der Waals surface area (Å²) < 4.78 is 12.7. The Bertz CT molecular complexity index is 753. The van der Waals surface area contributed by atoms with Crippen LogP contribution in [-0.4, -0.2) is 67.2 Å². The van der Waals surface area contributed by atoms with E-state index in [0.29, 0.717) is 25.7 Å². The molecule has 1 unspecified atom stereocenters. The van der Waals surface area contributed by atoms with Gasteiger partial charge in [0.05, 0.1) is 39.1 Å². The first-order valence-electron chi connectivity index (χ1n) is 10.4. The van der Waals surface area contributed by atoms with Crippen LogP contribution in [0.25, 0.3) is 0 Å². The Morgan fingerprint density at radius 1 is 1.23 bits per heavy atom. The second-order valence-electron chi connectivity index (χ2n) is 7.37. The number of aliphatic imine (C=N–C) groups is 1. The highest BCUT2D eigenvalue weighted by molar-refractivity contribution is 14.0. The van der Waals surface area contributed by atoms with Gasteiger partial charge in [0.15, 0.2) is 5.96 Å². The molecule has 0 aliphatic carbocycles. The standard InChI is InChI=1S/C22H33N5O2.HI/c1-3-23-22(26-10-9-20(15-26)18-29-12-11-28-2)24-13-21-14-25-27(17-21)16-19-7-5-4-6-8-19;/h4-8,14,17,20H,3,9-13,15-16,18H2,1-2H3,(H,23,24);1H. The average molecular weight is 527 g/mol. The lowest BCUT2D eigenvalue weighted by molar-refractivity contribution is 0.0536. The maximum atomic E-state index is 5.70. The molecule has 166 valence electrons. The highest BCUT2D eigenvalue weighted by atomic mass is 127. The first kappa shape index (κ1) is 24.6. The van der Waals surface area contributed by atoms with Gasteiger partial charge in [0.2, 0.25) is 0 Å². The molecule has 1 aliphatic rings. The molecular formula is C22H34IN5O2. The molecule has 0 spiro atoms. The van der Waals surface area contributed by atoms with E-state index in [0.717, 1.165) is 50.7 Å². The van der Waals surface area contributed by atoms with Gasteiger partial charge < -0.3 is 19.7 Å². The minimum Gasteiger partial charge on any atom is -0.382 e. The minimum absolute atomic E-state index is 0. The molecule has 1 aromatic carbocycles. The van der Waals surface area contributed by atoms with Gasteiger partial charge in [-0.3, -0.25) is 4.68 Å². The molecule has 3 rings (SSSR count). The van der Waals surface area contributed by atoms with Crippen molar-refractivity contribution < 1.29 is 9.47 Å². The van der Waals surface area contributed by atoms with Gasteiger partial charge in [-0.15, -0.1) is 24.0 Å². The maximum Gasteiger partial charge on any atom is 0.194 e. The number of methoxy groups -OCH3 is 1. The molecule has 1 N–H and O–H groups in total. The number of hydrogen-bond donors (Lipinski definition) is 1. The third-order valence-corrected chi connectivity index (χ3v) is 4.99. The molecule has 1 aliphatic heterocycles. The van der Waals surface area contributed by atoms with E-state index in [1.807, 2.05) is 16.9 Å². The van der Waals surface area contributed by atoms with Crippen LogP contribution < -0.4 is 5.32 Å². The molecule has 30 heavy (non-hydrogen) atoms. The summed E-state index contributed by atoms with van der Waals surface area (Å²) in [6.07, 6.45) is 5.12. The van der Waals surface area contributed by atoms with E-state index in [9.17, 15) is 0 Å². The van der Waals surface area contributed by atoms with Crippen molar-refractivity contribution in [1.29, 1.82) is 0 Å². The Morgan fingerprint density at radius 3 is 2.83 bits per heavy atom. The van der Waals surface area contributed by atoms with Crippen LogP contribution in [0.5, 0.6) is 0 Å². The summed E-state index contributed by atoms with van der Waals surface area (Å²) in [5.74, 6) is 1.52. The summed E-state index contributed by atoms with van der Waals surface area (Å²) in [7, 11) is 1.70. The van der Waals surface area contributed by atoms with E-state index < -0.39 is 0 Å². The number of hydrogen-bond acceptors (Lipinski definition) is 4. The molecule has 0 bridgehead atoms. The van der Waals surface area contributed by atoms with Gasteiger partial charge in [0.25, 0.3) is 0 Å². The smallest absolute Gasteiger partial charge is 0.194 e. The zero-order valence-electron chi connectivity index (χ0n) is 18.0. The fraction of sp³-hybridized carbons (Fsp3) is 0.545. The van der Waals surface area contributed by atoms with Gasteiger partial charge in [0.1, 0.15) is 0 Å². The van der Waals surface area contributed by atoms with Crippen LogP contribution in [0.4, 0.5) is 0 Å². The molecule has 0 radical (unpaired) electrons. The number of nitrogens with one attached hydrogen (secondary N) is 1. The molecule has 1 atom stereocenters. The highest BCUT2D eigenvalue weighted by Gasteiger charge is 2.24. The van der Waals surface area contributed by atoms with E-state index in [1.165, 1.54) is 5.56 Å². The predicted molar refractivity (Wildman–Crippen MR) is 130 cm³/mol. The van der Waals surface area contributed by atoms with Crippen LogP contribution in [0, 0.1) is 5.92 Å². The largest absolute Gasteiger partial charge is 0.382 e. The van der Waals surface area contributed by atoms with Crippen molar-refractivity contribution in [3.8, 4) is 0 Å². The molecule has 8 heteroatoms. The number of nitrogens with zero attached hydrogens (tertiary/aromatic N) is 4. The van der Waals surface area contributed by atoms with Crippen LogP contribution in [0.3, 0.4) is 0 Å². The quantitative estimate of drug-likeness (QED) is 0.223. The fourth-order valence-corrected chi connectivity index (χ4v) is 3.49. The van der Waals surface area contributed by atoms with E-state index in [2.05, 4.69) is 52.7 Å². The van der Waals surface area contributed by atoms with E-state index in [-0.39, 0.29) is 24.0 Å². The van der Waals surface area contributed by atoms with Crippen molar-refractivity contribution in [1.82, 2.24) is 20.0 Å². The summed E-state index contributed by atoms with van der Waals surface area (Å²) in [6, 6.07) is 10.4. The topological polar surface area (TPSA) is 63.9 Å². The normalized spacial score (nSPS) is 16.5. The number of aromatic nitrogens is 2. The molecule has 1 fully saturated rings. The number of guanidine groups is 1. The van der Waals surface area contributed by atoms with Crippen molar-refractivity contribution in [2.75, 3.05) is 46.6 Å². The SMILES string of the molecule is CCNC(=NCc1cnn(Cc2ccccc2)c1)N1CCC(COCCOC)C1.I. The van der Waals surface area contributed by atoms with E-state index in [1.54, 1.807) is 7.11 Å². The summed E-state index contributed by atoms with van der Waals surface area (Å²) in [4.78, 5) is 7.18. The third kappa shape index (κ3) is 7.88. The fourth-order valence-electron chi connectivity index (χ4n) is 3.49. The van der Waals surface area contributed by atoms with Crippen LogP contribution >= 0.6 is 24.0 Å². The summed E-state index contributed by atoms with van der Waals surface area (Å²) >= 11 is 0. The summed E-state index contributed by atoms with van der Waals surface area (Å²) in [5, 5.41) is 7.91. The zero-order chi connectivity index (χ0) is 20.3. The number of likely N-dealkylation sites (tertiary alicyclic amines) is 1. The average Bonchev–Trinajstić information content (AvgIpc) is 3.39. The Hall–Kier alpha value is -1.65. The van der Waals surface area contributed by atoms with Gasteiger partial charge in [-0.2, -0.15) is 5.10 Å². The van der Waals surface area contributed by atoms with Crippen LogP contribution in [-0.2, 0) is 22.6 Å². The lowest BCUT2D eigenvalue weighted by Gasteiger charge is -2.21. The first-order chi connectivity index (χ1) is 14.3. The number of benzene rings is 1. The second kappa shape index (κ2) is 13.6. The van der Waals surface area contributed by atoms with E-state index in [4.69, 9.17) is 14.5 Å². The van der Waals surface area contributed by atoms with Crippen molar-refractivity contribution in [2.24, 2.45) is 10.9 Å². The van der Waals surface area contributed by atoms with Crippen LogP contribution in [0.2, 0.25) is 0 Å². The van der Waals surface area contributed by atoms with Gasteiger partial charge in [-0.25, -0.2) is 4.99 Å². The van der Waals surface area contributed by atoms with Crippen molar-refractivity contribution in [3.05, 3.63) is 53.9 Å². The molecule has 0 saturated carbocycles. The summed E-state index contributed by atoms with van der Waals surface area (Å²) in [5.41, 5.74) is 2.37. The minimum atomic E-state index is 0. The van der Waals surface area contributed by atoms with Crippen LogP contribution in [0.15, 0.2) is 47.7 Å². The van der Waals surface area contributed by atoms with Gasteiger partial charge in [0, 0.05) is 44.4 Å². The monoisotopic (exact) mass is 527 g/mol. The molecule has 0 amide bonds. The van der Waals surface area contributed by atoms with E-state index >= 15 is 0 Å². The third-order valence-electron chi connectivity index (χ3n) is 4.99. The first-order valence-corrected chi connectivity index (χ1v) is 10.4. The number of ether oxygens (including phenoxy) is 2. The Balaban J connectivity index is 0.00000320. The highest BCUT2D eigenvalue weighted by Crippen LogP contribution is 2.17. The second-order valence-corrected chi connectivity index (χ2v) is 7.37. The zero-order valence-corrected chi connectivity index (χ0v) is 20.3.